The molecule has 0 saturated heterocycles. The lowest BCUT2D eigenvalue weighted by Crippen LogP contribution is -2.24. The van der Waals surface area contributed by atoms with Crippen molar-refractivity contribution >= 4 is 11.4 Å². The minimum absolute atomic E-state index is 0.0136. The molecule has 0 aromatic heterocycles. The van der Waals surface area contributed by atoms with Gasteiger partial charge in [-0.1, -0.05) is 34.6 Å². The zero-order valence-electron chi connectivity index (χ0n) is 12.1. The number of nitro benzene ring substituents is 1. The summed E-state index contributed by atoms with van der Waals surface area (Å²) in [6.07, 6.45) is 0.896. The molecule has 1 aromatic rings. The molecule has 0 fully saturated rings. The van der Waals surface area contributed by atoms with Crippen LogP contribution in [0.15, 0.2) is 18.2 Å². The van der Waals surface area contributed by atoms with Crippen LogP contribution in [0.3, 0.4) is 0 Å². The molecule has 5 heteroatoms. The average molecular weight is 262 g/mol. The lowest BCUT2D eigenvalue weighted by Gasteiger charge is -2.32. The first kappa shape index (κ1) is 15.1. The van der Waals surface area contributed by atoms with E-state index in [9.17, 15) is 10.1 Å². The molecule has 0 saturated carbocycles. The molecule has 0 unspecified atom stereocenters. The fourth-order valence-corrected chi connectivity index (χ4v) is 2.60. The van der Waals surface area contributed by atoms with Gasteiger partial charge in [0.15, 0.2) is 4.98 Å². The minimum atomic E-state index is -0.522. The van der Waals surface area contributed by atoms with Crippen molar-refractivity contribution < 1.29 is 4.92 Å². The predicted octanol–water partition coefficient (Wildman–Crippen LogP) is 4.79. The van der Waals surface area contributed by atoms with Crippen molar-refractivity contribution in [2.45, 2.75) is 46.5 Å². The van der Waals surface area contributed by atoms with Crippen LogP contribution in [-0.2, 0) is 5.41 Å². The van der Waals surface area contributed by atoms with Crippen LogP contribution in [0.2, 0.25) is 0 Å². The minimum Gasteiger partial charge on any atom is -0.258 e. The molecule has 1 aromatic carbocycles. The van der Waals surface area contributed by atoms with Crippen molar-refractivity contribution in [2.75, 3.05) is 0 Å². The number of benzene rings is 1. The predicted molar refractivity (Wildman–Crippen MR) is 74.9 cm³/mol. The standard InChI is InChI=1S/C14H20N3O2/c1-13(2,3)9-14(4,5)10-6-7-11(16-15)12(8-10)17(18)19/h6-8H,9H2,1-5H3/q+1. The average Bonchev–Trinajstić information content (AvgIpc) is 2.24. The van der Waals surface area contributed by atoms with Crippen LogP contribution in [0, 0.1) is 20.9 Å². The van der Waals surface area contributed by atoms with Crippen LogP contribution in [0.5, 0.6) is 0 Å². The summed E-state index contributed by atoms with van der Waals surface area (Å²) in [5.74, 6) is 0. The Kier molecular flexibility index (Phi) is 3.94. The normalized spacial score (nSPS) is 12.0. The maximum atomic E-state index is 11.0. The highest BCUT2D eigenvalue weighted by atomic mass is 16.6. The molecule has 1 rings (SSSR count). The van der Waals surface area contributed by atoms with E-state index in [1.807, 2.05) is 0 Å². The fraction of sp³-hybridized carbons (Fsp3) is 0.571. The van der Waals surface area contributed by atoms with E-state index in [1.165, 1.54) is 12.1 Å². The zero-order chi connectivity index (χ0) is 14.8. The lowest BCUT2D eigenvalue weighted by atomic mass is 9.72. The van der Waals surface area contributed by atoms with E-state index < -0.39 is 4.92 Å². The maximum Gasteiger partial charge on any atom is 0.461 e. The number of hydrogen-bond donors (Lipinski definition) is 0. The van der Waals surface area contributed by atoms with Gasteiger partial charge in [0.05, 0.1) is 4.92 Å². The molecule has 0 aliphatic carbocycles. The molecule has 0 amide bonds. The Morgan fingerprint density at radius 2 is 1.84 bits per heavy atom. The molecule has 0 heterocycles. The summed E-state index contributed by atoms with van der Waals surface area (Å²) in [5, 5.41) is 19.7. The van der Waals surface area contributed by atoms with Crippen LogP contribution in [0.4, 0.5) is 11.4 Å². The molecule has 102 valence electrons. The van der Waals surface area contributed by atoms with Gasteiger partial charge < -0.3 is 0 Å². The molecule has 0 radical (unpaired) electrons. The summed E-state index contributed by atoms with van der Waals surface area (Å²) < 4.78 is 0. The summed E-state index contributed by atoms with van der Waals surface area (Å²) in [6, 6.07) is 4.77. The highest BCUT2D eigenvalue weighted by Gasteiger charge is 2.32. The summed E-state index contributed by atoms with van der Waals surface area (Å²) in [4.78, 5) is 13.4. The third-order valence-corrected chi connectivity index (χ3v) is 3.03. The van der Waals surface area contributed by atoms with Gasteiger partial charge in [-0.3, -0.25) is 10.1 Å². The summed E-state index contributed by atoms with van der Waals surface area (Å²) in [7, 11) is 0. The van der Waals surface area contributed by atoms with Gasteiger partial charge in [0.2, 0.25) is 5.39 Å². The highest BCUT2D eigenvalue weighted by molar-refractivity contribution is 5.63. The third kappa shape index (κ3) is 3.75. The van der Waals surface area contributed by atoms with Crippen molar-refractivity contribution in [2.24, 2.45) is 5.41 Å². The molecule has 19 heavy (non-hydrogen) atoms. The Balaban J connectivity index is 3.26. The van der Waals surface area contributed by atoms with Gasteiger partial charge in [0.25, 0.3) is 0 Å². The maximum absolute atomic E-state index is 11.0. The van der Waals surface area contributed by atoms with Crippen molar-refractivity contribution in [3.63, 3.8) is 0 Å². The highest BCUT2D eigenvalue weighted by Crippen LogP contribution is 2.39. The van der Waals surface area contributed by atoms with Gasteiger partial charge in [0.1, 0.15) is 0 Å². The molecule has 0 spiro atoms. The molecule has 0 bridgehead atoms. The number of hydrogen-bond acceptors (Lipinski definition) is 3. The first-order valence-electron chi connectivity index (χ1n) is 6.21. The van der Waals surface area contributed by atoms with Crippen molar-refractivity contribution in [3.8, 4) is 0 Å². The van der Waals surface area contributed by atoms with E-state index in [0.717, 1.165) is 12.0 Å². The largest absolute Gasteiger partial charge is 0.461 e. The van der Waals surface area contributed by atoms with E-state index in [2.05, 4.69) is 39.6 Å². The fourth-order valence-electron chi connectivity index (χ4n) is 2.60. The Morgan fingerprint density at radius 1 is 1.26 bits per heavy atom. The summed E-state index contributed by atoms with van der Waals surface area (Å²) in [5.41, 5.74) is 0.638. The zero-order valence-corrected chi connectivity index (χ0v) is 12.1. The first-order valence-corrected chi connectivity index (χ1v) is 6.21. The number of rotatable bonds is 3. The van der Waals surface area contributed by atoms with Gasteiger partial charge in [-0.2, -0.15) is 0 Å². The molecule has 5 nitrogen and oxygen atoms in total. The van der Waals surface area contributed by atoms with Crippen LogP contribution >= 0.6 is 0 Å². The van der Waals surface area contributed by atoms with Gasteiger partial charge in [-0.15, -0.1) is 0 Å². The molecular formula is C14H20N3O2+. The summed E-state index contributed by atoms with van der Waals surface area (Å²) >= 11 is 0. The van der Waals surface area contributed by atoms with Crippen molar-refractivity contribution in [1.29, 1.82) is 5.39 Å². The second kappa shape index (κ2) is 4.96. The van der Waals surface area contributed by atoms with Crippen LogP contribution in [0.1, 0.15) is 46.6 Å². The SMILES string of the molecule is CC(C)(C)CC(C)(C)c1ccc([N+]#N)c([N+](=O)[O-])c1. The van der Waals surface area contributed by atoms with Gasteiger partial charge >= 0.3 is 11.4 Å². The Bertz CT molecular complexity index is 537. The molecule has 0 aliphatic heterocycles. The van der Waals surface area contributed by atoms with Gasteiger partial charge in [-0.05, 0) is 28.9 Å². The van der Waals surface area contributed by atoms with E-state index in [1.54, 1.807) is 6.07 Å². The summed E-state index contributed by atoms with van der Waals surface area (Å²) in [6.45, 7) is 10.5. The Hall–Kier alpha value is -1.96. The number of nitrogens with zero attached hydrogens (tertiary/aromatic N) is 3. The van der Waals surface area contributed by atoms with Crippen LogP contribution < -0.4 is 0 Å². The van der Waals surface area contributed by atoms with Crippen LogP contribution in [0.25, 0.3) is 4.98 Å². The second-order valence-corrected chi connectivity index (χ2v) is 6.68. The molecule has 0 aliphatic rings. The van der Waals surface area contributed by atoms with E-state index in [4.69, 9.17) is 5.39 Å². The monoisotopic (exact) mass is 262 g/mol. The smallest absolute Gasteiger partial charge is 0.258 e. The van der Waals surface area contributed by atoms with E-state index in [0.29, 0.717) is 0 Å². The molecular weight excluding hydrogens is 242 g/mol. The lowest BCUT2D eigenvalue weighted by molar-refractivity contribution is -0.383. The first-order chi connectivity index (χ1) is 8.57. The van der Waals surface area contributed by atoms with Crippen molar-refractivity contribution in [1.82, 2.24) is 0 Å². The van der Waals surface area contributed by atoms with Gasteiger partial charge in [-0.25, -0.2) is 0 Å². The van der Waals surface area contributed by atoms with E-state index in [-0.39, 0.29) is 22.2 Å². The van der Waals surface area contributed by atoms with Crippen molar-refractivity contribution in [3.05, 3.63) is 38.9 Å². The second-order valence-electron chi connectivity index (χ2n) is 6.68. The Labute approximate surface area is 113 Å². The molecule has 0 N–H and O–H groups in total. The van der Waals surface area contributed by atoms with Crippen LogP contribution in [-0.4, -0.2) is 4.92 Å². The third-order valence-electron chi connectivity index (χ3n) is 3.03. The number of nitro groups is 1. The molecule has 0 atom stereocenters. The topological polar surface area (TPSA) is 71.3 Å². The van der Waals surface area contributed by atoms with E-state index >= 15 is 0 Å². The quantitative estimate of drug-likeness (QED) is 0.446. The number of diazo groups is 1. The Morgan fingerprint density at radius 3 is 2.26 bits per heavy atom. The van der Waals surface area contributed by atoms with Gasteiger partial charge in [0, 0.05) is 12.1 Å².